The molecule has 114 valence electrons. The average molecular weight is 322 g/mol. The molecule has 0 fully saturated rings. The zero-order valence-electron chi connectivity index (χ0n) is 12.2. The van der Waals surface area contributed by atoms with E-state index in [1.165, 1.54) is 11.3 Å². The summed E-state index contributed by atoms with van der Waals surface area (Å²) < 4.78 is 0. The molecule has 23 heavy (non-hydrogen) atoms. The molecule has 0 bridgehead atoms. The summed E-state index contributed by atoms with van der Waals surface area (Å²) in [6.07, 6.45) is 9.64. The highest BCUT2D eigenvalue weighted by atomic mass is 32.1. The molecule has 6 heteroatoms. The number of amides is 1. The molecule has 0 atom stereocenters. The van der Waals surface area contributed by atoms with Crippen LogP contribution in [0.1, 0.15) is 21.1 Å². The fourth-order valence-corrected chi connectivity index (χ4v) is 2.73. The first-order valence-electron chi connectivity index (χ1n) is 7.04. The van der Waals surface area contributed by atoms with Gasteiger partial charge in [0.2, 0.25) is 0 Å². The van der Waals surface area contributed by atoms with Crippen molar-refractivity contribution in [3.8, 4) is 23.5 Å². The van der Waals surface area contributed by atoms with Gasteiger partial charge < -0.3 is 5.32 Å². The molecule has 0 unspecified atom stereocenters. The third-order valence-corrected chi connectivity index (χ3v) is 4.12. The molecule has 1 aromatic carbocycles. The van der Waals surface area contributed by atoms with E-state index in [4.69, 9.17) is 6.42 Å². The SMILES string of the molecule is C#Cc1nc(C(=O)NCCc2ccc(-c3cn[nH]c3)cc2)cs1. The fraction of sp³-hybridized carbons (Fsp3) is 0.118. The number of hydrogen-bond acceptors (Lipinski definition) is 4. The Balaban J connectivity index is 1.52. The minimum absolute atomic E-state index is 0.197. The van der Waals surface area contributed by atoms with Crippen LogP contribution >= 0.6 is 11.3 Å². The molecule has 2 aromatic heterocycles. The van der Waals surface area contributed by atoms with Crippen molar-refractivity contribution in [2.24, 2.45) is 0 Å². The molecular weight excluding hydrogens is 308 g/mol. The van der Waals surface area contributed by atoms with E-state index in [2.05, 4.69) is 26.4 Å². The molecule has 0 saturated heterocycles. The van der Waals surface area contributed by atoms with Crippen LogP contribution in [0.5, 0.6) is 0 Å². The van der Waals surface area contributed by atoms with Crippen molar-refractivity contribution >= 4 is 17.2 Å². The topological polar surface area (TPSA) is 70.7 Å². The smallest absolute Gasteiger partial charge is 0.270 e. The molecule has 5 nitrogen and oxygen atoms in total. The lowest BCUT2D eigenvalue weighted by Gasteiger charge is -2.05. The van der Waals surface area contributed by atoms with Crippen LogP contribution in [0.15, 0.2) is 42.0 Å². The summed E-state index contributed by atoms with van der Waals surface area (Å²) in [6, 6.07) is 8.19. The average Bonchev–Trinajstić information content (AvgIpc) is 3.27. The minimum atomic E-state index is -0.197. The van der Waals surface area contributed by atoms with Gasteiger partial charge >= 0.3 is 0 Å². The Kier molecular flexibility index (Phi) is 4.50. The molecule has 1 amide bonds. The van der Waals surface area contributed by atoms with Crippen LogP contribution in [0.4, 0.5) is 0 Å². The molecule has 0 aliphatic carbocycles. The van der Waals surface area contributed by atoms with Gasteiger partial charge in [-0.2, -0.15) is 5.10 Å². The van der Waals surface area contributed by atoms with E-state index in [0.717, 1.165) is 23.1 Å². The maximum absolute atomic E-state index is 11.9. The van der Waals surface area contributed by atoms with Crippen molar-refractivity contribution in [1.29, 1.82) is 0 Å². The van der Waals surface area contributed by atoms with Crippen molar-refractivity contribution in [3.63, 3.8) is 0 Å². The number of nitrogens with zero attached hydrogens (tertiary/aromatic N) is 2. The van der Waals surface area contributed by atoms with Crippen LogP contribution in [0.2, 0.25) is 0 Å². The second kappa shape index (κ2) is 6.90. The Morgan fingerprint density at radius 3 is 2.78 bits per heavy atom. The van der Waals surface area contributed by atoms with E-state index in [1.54, 1.807) is 11.6 Å². The lowest BCUT2D eigenvalue weighted by Crippen LogP contribution is -2.25. The number of carbonyl (C=O) groups is 1. The van der Waals surface area contributed by atoms with Crippen LogP contribution in [-0.4, -0.2) is 27.6 Å². The largest absolute Gasteiger partial charge is 0.350 e. The van der Waals surface area contributed by atoms with Crippen molar-refractivity contribution in [1.82, 2.24) is 20.5 Å². The first-order valence-corrected chi connectivity index (χ1v) is 7.92. The highest BCUT2D eigenvalue weighted by Crippen LogP contribution is 2.18. The molecule has 3 aromatic rings. The van der Waals surface area contributed by atoms with Gasteiger partial charge in [-0.3, -0.25) is 9.89 Å². The van der Waals surface area contributed by atoms with E-state index < -0.39 is 0 Å². The summed E-state index contributed by atoms with van der Waals surface area (Å²) in [5.74, 6) is 2.23. The predicted octanol–water partition coefficient (Wildman–Crippen LogP) is 2.49. The van der Waals surface area contributed by atoms with Gasteiger partial charge in [-0.15, -0.1) is 17.8 Å². The minimum Gasteiger partial charge on any atom is -0.350 e. The van der Waals surface area contributed by atoms with Crippen molar-refractivity contribution in [2.45, 2.75) is 6.42 Å². The third-order valence-electron chi connectivity index (χ3n) is 3.35. The van der Waals surface area contributed by atoms with Gasteiger partial charge in [0.25, 0.3) is 5.91 Å². The number of rotatable bonds is 5. The molecule has 3 rings (SSSR count). The Bertz CT molecular complexity index is 828. The third kappa shape index (κ3) is 3.65. The number of terminal acetylenes is 1. The summed E-state index contributed by atoms with van der Waals surface area (Å²) in [7, 11) is 0. The number of nitrogens with one attached hydrogen (secondary N) is 2. The quantitative estimate of drug-likeness (QED) is 0.709. The first-order chi connectivity index (χ1) is 11.3. The van der Waals surface area contributed by atoms with Crippen molar-refractivity contribution in [3.05, 3.63) is 58.3 Å². The molecule has 2 heterocycles. The van der Waals surface area contributed by atoms with E-state index in [1.807, 2.05) is 30.5 Å². The van der Waals surface area contributed by atoms with Crippen LogP contribution in [0, 0.1) is 12.3 Å². The van der Waals surface area contributed by atoms with Gasteiger partial charge in [-0.05, 0) is 23.5 Å². The Morgan fingerprint density at radius 1 is 1.30 bits per heavy atom. The first kappa shape index (κ1) is 15.0. The molecular formula is C17H14N4OS. The van der Waals surface area contributed by atoms with Crippen LogP contribution in [0.3, 0.4) is 0 Å². The summed E-state index contributed by atoms with van der Waals surface area (Å²) in [6.45, 7) is 0.548. The second-order valence-corrected chi connectivity index (χ2v) is 5.73. The van der Waals surface area contributed by atoms with Crippen LogP contribution < -0.4 is 5.32 Å². The predicted molar refractivity (Wildman–Crippen MR) is 90.1 cm³/mol. The maximum atomic E-state index is 11.9. The summed E-state index contributed by atoms with van der Waals surface area (Å²) in [4.78, 5) is 16.0. The highest BCUT2D eigenvalue weighted by Gasteiger charge is 2.09. The van der Waals surface area contributed by atoms with Crippen LogP contribution in [0.25, 0.3) is 11.1 Å². The van der Waals surface area contributed by atoms with Crippen LogP contribution in [-0.2, 0) is 6.42 Å². The number of aromatic amines is 1. The van der Waals surface area contributed by atoms with Gasteiger partial charge in [-0.25, -0.2) is 4.98 Å². The highest BCUT2D eigenvalue weighted by molar-refractivity contribution is 7.10. The van der Waals surface area contributed by atoms with Crippen molar-refractivity contribution < 1.29 is 4.79 Å². The van der Waals surface area contributed by atoms with E-state index >= 15 is 0 Å². The Hall–Kier alpha value is -2.91. The Labute approximate surface area is 137 Å². The number of H-pyrrole nitrogens is 1. The summed E-state index contributed by atoms with van der Waals surface area (Å²) in [5.41, 5.74) is 3.69. The van der Waals surface area contributed by atoms with E-state index in [-0.39, 0.29) is 5.91 Å². The van der Waals surface area contributed by atoms with Gasteiger partial charge in [0.15, 0.2) is 5.01 Å². The summed E-state index contributed by atoms with van der Waals surface area (Å²) in [5, 5.41) is 11.8. The maximum Gasteiger partial charge on any atom is 0.270 e. The zero-order valence-corrected chi connectivity index (χ0v) is 13.1. The number of aromatic nitrogens is 3. The molecule has 0 aliphatic rings. The molecule has 0 saturated carbocycles. The molecule has 2 N–H and O–H groups in total. The number of benzene rings is 1. The van der Waals surface area contributed by atoms with Crippen molar-refractivity contribution in [2.75, 3.05) is 6.54 Å². The number of hydrogen-bond donors (Lipinski definition) is 2. The van der Waals surface area contributed by atoms with Gasteiger partial charge in [0, 0.05) is 23.7 Å². The lowest BCUT2D eigenvalue weighted by atomic mass is 10.1. The lowest BCUT2D eigenvalue weighted by molar-refractivity contribution is 0.0950. The van der Waals surface area contributed by atoms with E-state index in [9.17, 15) is 4.79 Å². The van der Waals surface area contributed by atoms with Gasteiger partial charge in [0.05, 0.1) is 6.20 Å². The van der Waals surface area contributed by atoms with Gasteiger partial charge in [-0.1, -0.05) is 24.3 Å². The summed E-state index contributed by atoms with van der Waals surface area (Å²) >= 11 is 1.29. The molecule has 0 aliphatic heterocycles. The second-order valence-electron chi connectivity index (χ2n) is 4.87. The fourth-order valence-electron chi connectivity index (χ4n) is 2.13. The normalized spacial score (nSPS) is 10.2. The Morgan fingerprint density at radius 2 is 2.13 bits per heavy atom. The van der Waals surface area contributed by atoms with E-state index in [0.29, 0.717) is 17.2 Å². The molecule has 0 radical (unpaired) electrons. The standard InChI is InChI=1S/C17H14N4OS/c1-2-16-21-15(11-23-16)17(22)18-8-7-12-3-5-13(6-4-12)14-9-19-20-10-14/h1,3-6,9-11H,7-8H2,(H,18,22)(H,19,20). The monoisotopic (exact) mass is 322 g/mol. The molecule has 0 spiro atoms. The van der Waals surface area contributed by atoms with Gasteiger partial charge in [0.1, 0.15) is 5.69 Å². The zero-order chi connectivity index (χ0) is 16.1. The number of thiazole rings is 1. The number of carbonyl (C=O) groups excluding carboxylic acids is 1.